The van der Waals surface area contributed by atoms with Gasteiger partial charge in [0, 0.05) is 19.1 Å². The fourth-order valence-corrected chi connectivity index (χ4v) is 2.99. The summed E-state index contributed by atoms with van der Waals surface area (Å²) in [6, 6.07) is 0.378. The minimum absolute atomic E-state index is 0.132. The smallest absolute Gasteiger partial charge is 0.275 e. The second-order valence-electron chi connectivity index (χ2n) is 5.39. The summed E-state index contributed by atoms with van der Waals surface area (Å²) < 4.78 is 5.14. The van der Waals surface area contributed by atoms with Crippen LogP contribution >= 0.6 is 11.6 Å². The largest absolute Gasteiger partial charge is 0.479 e. The Labute approximate surface area is 141 Å². The van der Waals surface area contributed by atoms with E-state index in [-0.39, 0.29) is 22.6 Å². The van der Waals surface area contributed by atoms with Crippen LogP contribution in [0.3, 0.4) is 0 Å². The van der Waals surface area contributed by atoms with Crippen LogP contribution in [0.15, 0.2) is 0 Å². The Morgan fingerprint density at radius 1 is 1.43 bits per heavy atom. The summed E-state index contributed by atoms with van der Waals surface area (Å²) >= 11 is 6.03. The van der Waals surface area contributed by atoms with Crippen LogP contribution in [0.5, 0.6) is 5.88 Å². The fraction of sp³-hybridized carbons (Fsp3) is 0.667. The lowest BCUT2D eigenvalue weighted by Gasteiger charge is -2.22. The molecule has 7 nitrogen and oxygen atoms in total. The van der Waals surface area contributed by atoms with Crippen LogP contribution < -0.4 is 15.4 Å². The average molecular weight is 342 g/mol. The number of carbonyl (C=O) groups is 1. The van der Waals surface area contributed by atoms with Gasteiger partial charge in [0.15, 0.2) is 16.7 Å². The topological polar surface area (TPSA) is 79.4 Å². The third-order valence-electron chi connectivity index (χ3n) is 3.98. The number of halogens is 1. The first-order chi connectivity index (χ1) is 11.1. The first kappa shape index (κ1) is 17.7. The molecule has 2 N–H and O–H groups in total. The number of ether oxygens (including phenoxy) is 1. The second-order valence-corrected chi connectivity index (χ2v) is 5.74. The highest BCUT2D eigenvalue weighted by Gasteiger charge is 2.25. The second kappa shape index (κ2) is 8.31. The van der Waals surface area contributed by atoms with Crippen molar-refractivity contribution in [3.05, 3.63) is 10.8 Å². The van der Waals surface area contributed by atoms with E-state index in [0.717, 1.165) is 19.5 Å². The van der Waals surface area contributed by atoms with Gasteiger partial charge < -0.3 is 15.4 Å². The molecule has 0 radical (unpaired) electrons. The van der Waals surface area contributed by atoms with Crippen molar-refractivity contribution in [3.8, 4) is 5.88 Å². The standard InChI is InChI=1S/C15H24ClN5O2/c1-4-17-13-12(16)20-15(23-3)11(19-13)14(22)18-9-10-7-6-8-21(10)5-2/h10H,4-9H2,1-3H3,(H,17,19)(H,18,22). The Morgan fingerprint density at radius 2 is 2.22 bits per heavy atom. The Hall–Kier alpha value is -1.60. The number of hydrogen-bond acceptors (Lipinski definition) is 6. The molecule has 1 unspecified atom stereocenters. The molecule has 1 aromatic heterocycles. The summed E-state index contributed by atoms with van der Waals surface area (Å²) in [6.07, 6.45) is 2.27. The van der Waals surface area contributed by atoms with E-state index in [9.17, 15) is 4.79 Å². The molecule has 1 aliphatic rings. The lowest BCUT2D eigenvalue weighted by molar-refractivity contribution is 0.0932. The van der Waals surface area contributed by atoms with Gasteiger partial charge in [-0.1, -0.05) is 18.5 Å². The molecule has 1 fully saturated rings. The van der Waals surface area contributed by atoms with Crippen molar-refractivity contribution in [2.75, 3.05) is 38.6 Å². The van der Waals surface area contributed by atoms with Crippen molar-refractivity contribution >= 4 is 23.3 Å². The monoisotopic (exact) mass is 341 g/mol. The van der Waals surface area contributed by atoms with E-state index in [2.05, 4.69) is 32.4 Å². The molecule has 1 aliphatic heterocycles. The van der Waals surface area contributed by atoms with E-state index in [1.54, 1.807) is 0 Å². The highest BCUT2D eigenvalue weighted by atomic mass is 35.5. The van der Waals surface area contributed by atoms with Gasteiger partial charge in [-0.05, 0) is 32.9 Å². The maximum atomic E-state index is 12.5. The van der Waals surface area contributed by atoms with E-state index >= 15 is 0 Å². The van der Waals surface area contributed by atoms with E-state index < -0.39 is 0 Å². The van der Waals surface area contributed by atoms with Crippen LogP contribution in [0.4, 0.5) is 5.82 Å². The van der Waals surface area contributed by atoms with Crippen molar-refractivity contribution in [2.24, 2.45) is 0 Å². The third kappa shape index (κ3) is 4.23. The molecule has 0 aliphatic carbocycles. The molecule has 0 saturated carbocycles. The zero-order valence-corrected chi connectivity index (χ0v) is 14.6. The molecule has 1 aromatic rings. The first-order valence-corrected chi connectivity index (χ1v) is 8.36. The van der Waals surface area contributed by atoms with Gasteiger partial charge in [-0.2, -0.15) is 4.98 Å². The number of aromatic nitrogens is 2. The molecule has 1 atom stereocenters. The van der Waals surface area contributed by atoms with E-state index in [4.69, 9.17) is 16.3 Å². The summed E-state index contributed by atoms with van der Waals surface area (Å²) in [6.45, 7) is 7.37. The van der Waals surface area contributed by atoms with Crippen LogP contribution in [0.25, 0.3) is 0 Å². The molecule has 0 aromatic carbocycles. The Bertz CT molecular complexity index is 555. The summed E-state index contributed by atoms with van der Waals surface area (Å²) in [5.74, 6) is 0.220. The minimum Gasteiger partial charge on any atom is -0.479 e. The van der Waals surface area contributed by atoms with Crippen molar-refractivity contribution < 1.29 is 9.53 Å². The molecule has 128 valence electrons. The maximum absolute atomic E-state index is 12.5. The Kier molecular flexibility index (Phi) is 6.41. The number of anilines is 1. The SMILES string of the molecule is CCNc1nc(C(=O)NCC2CCCN2CC)c(OC)nc1Cl. The van der Waals surface area contributed by atoms with Gasteiger partial charge in [-0.3, -0.25) is 9.69 Å². The molecule has 0 bridgehead atoms. The van der Waals surface area contributed by atoms with Gasteiger partial charge in [-0.15, -0.1) is 0 Å². The number of methoxy groups -OCH3 is 1. The molecule has 23 heavy (non-hydrogen) atoms. The number of rotatable bonds is 7. The lowest BCUT2D eigenvalue weighted by atomic mass is 10.2. The predicted molar refractivity (Wildman–Crippen MR) is 90.4 cm³/mol. The van der Waals surface area contributed by atoms with Gasteiger partial charge in [0.25, 0.3) is 5.91 Å². The van der Waals surface area contributed by atoms with Crippen LogP contribution in [-0.2, 0) is 0 Å². The fourth-order valence-electron chi connectivity index (χ4n) is 2.81. The number of likely N-dealkylation sites (N-methyl/N-ethyl adjacent to an activating group) is 1. The Balaban J connectivity index is 2.09. The summed E-state index contributed by atoms with van der Waals surface area (Å²) in [5, 5.41) is 6.11. The molecule has 8 heteroatoms. The van der Waals surface area contributed by atoms with Crippen LogP contribution in [-0.4, -0.2) is 60.1 Å². The van der Waals surface area contributed by atoms with Gasteiger partial charge in [0.2, 0.25) is 5.88 Å². The van der Waals surface area contributed by atoms with Crippen molar-refractivity contribution in [3.63, 3.8) is 0 Å². The van der Waals surface area contributed by atoms with E-state index in [1.165, 1.54) is 13.5 Å². The zero-order chi connectivity index (χ0) is 16.8. The van der Waals surface area contributed by atoms with E-state index in [0.29, 0.717) is 24.9 Å². The van der Waals surface area contributed by atoms with Crippen LogP contribution in [0.1, 0.15) is 37.2 Å². The number of likely N-dealkylation sites (tertiary alicyclic amines) is 1. The van der Waals surface area contributed by atoms with Crippen molar-refractivity contribution in [2.45, 2.75) is 32.7 Å². The summed E-state index contributed by atoms with van der Waals surface area (Å²) in [5.41, 5.74) is 0.147. The third-order valence-corrected chi connectivity index (χ3v) is 4.24. The van der Waals surface area contributed by atoms with Crippen LogP contribution in [0, 0.1) is 0 Å². The molecule has 0 spiro atoms. The molecule has 1 amide bonds. The number of hydrogen-bond donors (Lipinski definition) is 2. The number of nitrogens with one attached hydrogen (secondary N) is 2. The van der Waals surface area contributed by atoms with Crippen LogP contribution in [0.2, 0.25) is 5.15 Å². The Morgan fingerprint density at radius 3 is 2.87 bits per heavy atom. The summed E-state index contributed by atoms with van der Waals surface area (Å²) in [4.78, 5) is 23.2. The minimum atomic E-state index is -0.298. The number of amides is 1. The van der Waals surface area contributed by atoms with Gasteiger partial charge >= 0.3 is 0 Å². The average Bonchev–Trinajstić information content (AvgIpc) is 3.01. The molecule has 1 saturated heterocycles. The highest BCUT2D eigenvalue weighted by molar-refractivity contribution is 6.31. The highest BCUT2D eigenvalue weighted by Crippen LogP contribution is 2.23. The van der Waals surface area contributed by atoms with Gasteiger partial charge in [0.05, 0.1) is 7.11 Å². The number of carbonyl (C=O) groups excluding carboxylic acids is 1. The number of nitrogens with zero attached hydrogens (tertiary/aromatic N) is 3. The molecule has 2 rings (SSSR count). The van der Waals surface area contributed by atoms with E-state index in [1.807, 2.05) is 6.92 Å². The van der Waals surface area contributed by atoms with Gasteiger partial charge in [0.1, 0.15) is 0 Å². The van der Waals surface area contributed by atoms with Gasteiger partial charge in [-0.25, -0.2) is 4.98 Å². The van der Waals surface area contributed by atoms with Crippen molar-refractivity contribution in [1.82, 2.24) is 20.2 Å². The normalized spacial score (nSPS) is 18.0. The predicted octanol–water partition coefficient (Wildman–Crippen LogP) is 1.78. The lowest BCUT2D eigenvalue weighted by Crippen LogP contribution is -2.40. The molecular formula is C15H24ClN5O2. The summed E-state index contributed by atoms with van der Waals surface area (Å²) in [7, 11) is 1.44. The molecular weight excluding hydrogens is 318 g/mol. The zero-order valence-electron chi connectivity index (χ0n) is 13.9. The maximum Gasteiger partial charge on any atom is 0.275 e. The quantitative estimate of drug-likeness (QED) is 0.787. The molecule has 2 heterocycles. The first-order valence-electron chi connectivity index (χ1n) is 7.98. The van der Waals surface area contributed by atoms with Crippen molar-refractivity contribution in [1.29, 1.82) is 0 Å².